The predicted octanol–water partition coefficient (Wildman–Crippen LogP) is 4.88. The molecule has 2 N–H and O–H groups in total. The van der Waals surface area contributed by atoms with Crippen molar-refractivity contribution in [2.24, 2.45) is 10.6 Å². The molecular weight excluding hydrogens is 361 g/mol. The Kier molecular flexibility index (Phi) is 4.68. The molecule has 2 aromatic rings. The van der Waals surface area contributed by atoms with Crippen LogP contribution in [0.5, 0.6) is 0 Å². The minimum absolute atomic E-state index is 0.152. The zero-order chi connectivity index (χ0) is 19.1. The minimum atomic E-state index is -3.53. The highest BCUT2D eigenvalue weighted by molar-refractivity contribution is 7.88. The standard InChI is InChI=1S/C22H24FNO2S/c23-19-9-7-18(8-10-19)21-14-22(11-1-2-12-22)13-20(21)17-5-3-16(4-6-17)15-27(24,25)26/h3-10H,1-2,11-15H2,(H2,24,25,26). The van der Waals surface area contributed by atoms with Gasteiger partial charge in [-0.1, -0.05) is 49.2 Å². The first-order chi connectivity index (χ1) is 12.8. The van der Waals surface area contributed by atoms with Gasteiger partial charge >= 0.3 is 0 Å². The number of hydrogen-bond donors (Lipinski definition) is 1. The van der Waals surface area contributed by atoms with E-state index in [2.05, 4.69) is 0 Å². The summed E-state index contributed by atoms with van der Waals surface area (Å²) < 4.78 is 36.0. The first kappa shape index (κ1) is 18.4. The number of nitrogens with two attached hydrogens (primary N) is 1. The number of allylic oxidation sites excluding steroid dienone is 2. The molecule has 3 nitrogen and oxygen atoms in total. The van der Waals surface area contributed by atoms with E-state index in [1.807, 2.05) is 36.4 Å². The highest BCUT2D eigenvalue weighted by Gasteiger charge is 2.41. The van der Waals surface area contributed by atoms with E-state index in [0.717, 1.165) is 24.0 Å². The van der Waals surface area contributed by atoms with E-state index in [9.17, 15) is 12.8 Å². The van der Waals surface area contributed by atoms with Gasteiger partial charge in [-0.2, -0.15) is 0 Å². The molecule has 0 saturated heterocycles. The zero-order valence-corrected chi connectivity index (χ0v) is 16.1. The van der Waals surface area contributed by atoms with Crippen molar-refractivity contribution in [3.05, 3.63) is 71.0 Å². The van der Waals surface area contributed by atoms with Gasteiger partial charge in [0.15, 0.2) is 0 Å². The van der Waals surface area contributed by atoms with Gasteiger partial charge in [0.1, 0.15) is 5.82 Å². The molecule has 1 spiro atoms. The molecule has 4 rings (SSSR count). The quantitative estimate of drug-likeness (QED) is 0.815. The number of sulfonamides is 1. The maximum absolute atomic E-state index is 13.4. The maximum atomic E-state index is 13.4. The van der Waals surface area contributed by atoms with Crippen LogP contribution in [0.2, 0.25) is 0 Å². The smallest absolute Gasteiger partial charge is 0.213 e. The largest absolute Gasteiger partial charge is 0.228 e. The van der Waals surface area contributed by atoms with Crippen LogP contribution in [-0.2, 0) is 15.8 Å². The van der Waals surface area contributed by atoms with Crippen LogP contribution < -0.4 is 5.14 Å². The molecule has 27 heavy (non-hydrogen) atoms. The fraction of sp³-hybridized carbons (Fsp3) is 0.364. The van der Waals surface area contributed by atoms with Crippen LogP contribution in [0.3, 0.4) is 0 Å². The van der Waals surface area contributed by atoms with Crippen LogP contribution in [0.4, 0.5) is 4.39 Å². The minimum Gasteiger partial charge on any atom is -0.228 e. The first-order valence-corrected chi connectivity index (χ1v) is 11.1. The Morgan fingerprint density at radius 1 is 0.852 bits per heavy atom. The van der Waals surface area contributed by atoms with E-state index in [1.54, 1.807) is 0 Å². The van der Waals surface area contributed by atoms with Gasteiger partial charge in [-0.25, -0.2) is 17.9 Å². The van der Waals surface area contributed by atoms with Crippen molar-refractivity contribution in [1.82, 2.24) is 0 Å². The van der Waals surface area contributed by atoms with Gasteiger partial charge < -0.3 is 0 Å². The van der Waals surface area contributed by atoms with Crippen molar-refractivity contribution in [1.29, 1.82) is 0 Å². The highest BCUT2D eigenvalue weighted by atomic mass is 32.2. The van der Waals surface area contributed by atoms with E-state index in [1.165, 1.54) is 49.0 Å². The van der Waals surface area contributed by atoms with E-state index in [-0.39, 0.29) is 11.6 Å². The maximum Gasteiger partial charge on any atom is 0.213 e. The molecule has 0 aromatic heterocycles. The lowest BCUT2D eigenvalue weighted by Crippen LogP contribution is -2.14. The lowest BCUT2D eigenvalue weighted by Gasteiger charge is -2.23. The van der Waals surface area contributed by atoms with E-state index in [0.29, 0.717) is 11.0 Å². The average molecular weight is 386 g/mol. The molecule has 0 bridgehead atoms. The first-order valence-electron chi connectivity index (χ1n) is 9.41. The molecule has 1 saturated carbocycles. The van der Waals surface area contributed by atoms with E-state index in [4.69, 9.17) is 5.14 Å². The van der Waals surface area contributed by atoms with Gasteiger partial charge in [0.05, 0.1) is 5.75 Å². The van der Waals surface area contributed by atoms with Crippen LogP contribution in [0.25, 0.3) is 11.1 Å². The van der Waals surface area contributed by atoms with Gasteiger partial charge in [0.2, 0.25) is 10.0 Å². The van der Waals surface area contributed by atoms with Crippen LogP contribution in [0, 0.1) is 11.2 Å². The molecule has 142 valence electrons. The second-order valence-electron chi connectivity index (χ2n) is 8.03. The van der Waals surface area contributed by atoms with Crippen molar-refractivity contribution < 1.29 is 12.8 Å². The number of halogens is 1. The van der Waals surface area contributed by atoms with Gasteiger partial charge in [-0.05, 0) is 71.1 Å². The van der Waals surface area contributed by atoms with Crippen molar-refractivity contribution in [2.45, 2.75) is 44.3 Å². The third kappa shape index (κ3) is 3.99. The molecule has 2 aliphatic rings. The van der Waals surface area contributed by atoms with Crippen molar-refractivity contribution >= 4 is 21.2 Å². The normalized spacial score (nSPS) is 19.2. The fourth-order valence-corrected chi connectivity index (χ4v) is 5.40. The molecule has 2 aliphatic carbocycles. The van der Waals surface area contributed by atoms with Crippen LogP contribution >= 0.6 is 0 Å². The molecule has 0 amide bonds. The summed E-state index contributed by atoms with van der Waals surface area (Å²) in [4.78, 5) is 0. The molecule has 1 fully saturated rings. The summed E-state index contributed by atoms with van der Waals surface area (Å²) in [5, 5.41) is 5.15. The van der Waals surface area contributed by atoms with Gasteiger partial charge in [-0.15, -0.1) is 0 Å². The van der Waals surface area contributed by atoms with Crippen LogP contribution in [-0.4, -0.2) is 8.42 Å². The molecular formula is C22H24FNO2S. The topological polar surface area (TPSA) is 60.2 Å². The fourth-order valence-electron chi connectivity index (χ4n) is 4.74. The second-order valence-corrected chi connectivity index (χ2v) is 9.64. The Bertz CT molecular complexity index is 970. The second kappa shape index (κ2) is 6.88. The number of hydrogen-bond acceptors (Lipinski definition) is 2. The lowest BCUT2D eigenvalue weighted by molar-refractivity contribution is 0.330. The summed E-state index contributed by atoms with van der Waals surface area (Å²) >= 11 is 0. The summed E-state index contributed by atoms with van der Waals surface area (Å²) in [6.45, 7) is 0. The highest BCUT2D eigenvalue weighted by Crippen LogP contribution is 2.57. The molecule has 0 aliphatic heterocycles. The Morgan fingerprint density at radius 3 is 1.81 bits per heavy atom. The molecule has 2 aromatic carbocycles. The zero-order valence-electron chi connectivity index (χ0n) is 15.2. The Hall–Kier alpha value is -1.98. The third-order valence-corrected chi connectivity index (χ3v) is 6.73. The van der Waals surface area contributed by atoms with Crippen LogP contribution in [0.1, 0.15) is 55.2 Å². The predicted molar refractivity (Wildman–Crippen MR) is 107 cm³/mol. The summed E-state index contributed by atoms with van der Waals surface area (Å²) in [6.07, 6.45) is 7.10. The molecule has 0 heterocycles. The Labute approximate surface area is 160 Å². The number of primary sulfonamides is 1. The van der Waals surface area contributed by atoms with Gasteiger partial charge in [0.25, 0.3) is 0 Å². The van der Waals surface area contributed by atoms with Crippen molar-refractivity contribution in [3.63, 3.8) is 0 Å². The Balaban J connectivity index is 1.71. The monoisotopic (exact) mass is 385 g/mol. The number of benzene rings is 2. The van der Waals surface area contributed by atoms with Crippen molar-refractivity contribution in [3.8, 4) is 0 Å². The molecule has 0 atom stereocenters. The van der Waals surface area contributed by atoms with Crippen molar-refractivity contribution in [2.75, 3.05) is 0 Å². The Morgan fingerprint density at radius 2 is 1.33 bits per heavy atom. The van der Waals surface area contributed by atoms with Gasteiger partial charge in [-0.3, -0.25) is 0 Å². The summed E-state index contributed by atoms with van der Waals surface area (Å²) in [5.74, 6) is -0.372. The summed E-state index contributed by atoms with van der Waals surface area (Å²) in [7, 11) is -3.53. The summed E-state index contributed by atoms with van der Waals surface area (Å²) in [5.41, 5.74) is 5.85. The van der Waals surface area contributed by atoms with E-state index >= 15 is 0 Å². The SMILES string of the molecule is NS(=O)(=O)Cc1ccc(C2=C(c3ccc(F)cc3)CC3(CCCC3)C2)cc1. The molecule has 5 heteroatoms. The molecule has 0 radical (unpaired) electrons. The van der Waals surface area contributed by atoms with Crippen LogP contribution in [0.15, 0.2) is 48.5 Å². The van der Waals surface area contributed by atoms with Gasteiger partial charge in [0, 0.05) is 0 Å². The molecule has 0 unspecified atom stereocenters. The van der Waals surface area contributed by atoms with E-state index < -0.39 is 10.0 Å². The lowest BCUT2D eigenvalue weighted by atomic mass is 9.81. The third-order valence-electron chi connectivity index (χ3n) is 5.99. The summed E-state index contributed by atoms with van der Waals surface area (Å²) in [6, 6.07) is 14.5. The number of rotatable bonds is 4. The average Bonchev–Trinajstić information content (AvgIpc) is 3.22.